The summed E-state index contributed by atoms with van der Waals surface area (Å²) in [6.07, 6.45) is 6.29. The number of carbonyl (C=O) groups is 1. The van der Waals surface area contributed by atoms with Gasteiger partial charge in [-0.2, -0.15) is 0 Å². The van der Waals surface area contributed by atoms with Crippen molar-refractivity contribution in [3.05, 3.63) is 35.0 Å². The van der Waals surface area contributed by atoms with Crippen LogP contribution < -0.4 is 0 Å². The number of aromatic nitrogens is 1. The molecule has 1 aliphatic carbocycles. The van der Waals surface area contributed by atoms with Gasteiger partial charge < -0.3 is 9.30 Å². The highest BCUT2D eigenvalue weighted by molar-refractivity contribution is 6.37. The second-order valence-electron chi connectivity index (χ2n) is 8.11. The normalized spacial score (nSPS) is 26.8. The molecule has 0 N–H and O–H groups in total. The van der Waals surface area contributed by atoms with Gasteiger partial charge in [0.2, 0.25) is 0 Å². The highest BCUT2D eigenvalue weighted by Crippen LogP contribution is 2.38. The molecule has 26 heavy (non-hydrogen) atoms. The van der Waals surface area contributed by atoms with E-state index < -0.39 is 5.67 Å². The Bertz CT molecular complexity index is 825. The number of benzene rings is 1. The van der Waals surface area contributed by atoms with Crippen molar-refractivity contribution in [1.29, 1.82) is 0 Å². The molecule has 1 aromatic carbocycles. The lowest BCUT2D eigenvalue weighted by Gasteiger charge is -2.31. The molecule has 2 atom stereocenters. The van der Waals surface area contributed by atoms with Crippen LogP contribution in [-0.4, -0.2) is 29.2 Å². The third kappa shape index (κ3) is 3.41. The van der Waals surface area contributed by atoms with Gasteiger partial charge in [-0.15, -0.1) is 0 Å². The van der Waals surface area contributed by atoms with Gasteiger partial charge in [-0.3, -0.25) is 4.79 Å². The molecule has 1 saturated carbocycles. The number of hydrogen-bond donors (Lipinski definition) is 0. The SMILES string of the molecule is CC1(F)CCCC(CCC(=O)c2cn(C3COC3)c3cccc(Cl)c23)C1. The second kappa shape index (κ2) is 6.97. The van der Waals surface area contributed by atoms with Gasteiger partial charge in [0.1, 0.15) is 5.67 Å². The predicted molar refractivity (Wildman–Crippen MR) is 102 cm³/mol. The Morgan fingerprint density at radius 1 is 1.42 bits per heavy atom. The molecule has 0 amide bonds. The van der Waals surface area contributed by atoms with Crippen LogP contribution in [0.4, 0.5) is 4.39 Å². The number of fused-ring (bicyclic) bond motifs is 1. The molecular weight excluding hydrogens is 353 g/mol. The summed E-state index contributed by atoms with van der Waals surface area (Å²) >= 11 is 6.43. The number of hydrogen-bond acceptors (Lipinski definition) is 2. The predicted octanol–water partition coefficient (Wildman–Crippen LogP) is 5.75. The summed E-state index contributed by atoms with van der Waals surface area (Å²) in [6.45, 7) is 3.03. The fourth-order valence-electron chi connectivity index (χ4n) is 4.45. The number of ether oxygens (including phenoxy) is 1. The molecule has 0 radical (unpaired) electrons. The number of halogens is 2. The Balaban J connectivity index is 1.55. The van der Waals surface area contributed by atoms with Crippen molar-refractivity contribution in [3.63, 3.8) is 0 Å². The van der Waals surface area contributed by atoms with Gasteiger partial charge >= 0.3 is 0 Å². The molecule has 4 rings (SSSR count). The topological polar surface area (TPSA) is 31.2 Å². The molecular formula is C21H25ClFNO2. The Labute approximate surface area is 158 Å². The molecule has 0 spiro atoms. The lowest BCUT2D eigenvalue weighted by Crippen LogP contribution is -2.30. The van der Waals surface area contributed by atoms with Crippen molar-refractivity contribution in [2.75, 3.05) is 13.2 Å². The van der Waals surface area contributed by atoms with Gasteiger partial charge in [0.15, 0.2) is 5.78 Å². The Morgan fingerprint density at radius 3 is 2.92 bits per heavy atom. The van der Waals surface area contributed by atoms with Crippen molar-refractivity contribution >= 4 is 28.3 Å². The number of Topliss-reactive ketones (excluding diaryl/α,β-unsaturated/α-hetero) is 1. The molecule has 1 aromatic heterocycles. The molecule has 2 heterocycles. The van der Waals surface area contributed by atoms with Crippen molar-refractivity contribution in [1.82, 2.24) is 4.57 Å². The molecule has 1 saturated heterocycles. The Morgan fingerprint density at radius 2 is 2.23 bits per heavy atom. The fraction of sp³-hybridized carbons (Fsp3) is 0.571. The van der Waals surface area contributed by atoms with Crippen LogP contribution in [0.2, 0.25) is 5.02 Å². The molecule has 1 aliphatic heterocycles. The summed E-state index contributed by atoms with van der Waals surface area (Å²) < 4.78 is 21.7. The summed E-state index contributed by atoms with van der Waals surface area (Å²) in [5, 5.41) is 1.45. The van der Waals surface area contributed by atoms with Crippen LogP contribution in [0.1, 0.15) is 61.8 Å². The number of nitrogens with zero attached hydrogens (tertiary/aromatic N) is 1. The van der Waals surface area contributed by atoms with Crippen LogP contribution in [-0.2, 0) is 4.74 Å². The molecule has 140 valence electrons. The van der Waals surface area contributed by atoms with Gasteiger partial charge in [-0.25, -0.2) is 4.39 Å². The van der Waals surface area contributed by atoms with Crippen LogP contribution in [0.15, 0.2) is 24.4 Å². The lowest BCUT2D eigenvalue weighted by atomic mass is 9.78. The zero-order valence-corrected chi connectivity index (χ0v) is 15.9. The zero-order valence-electron chi connectivity index (χ0n) is 15.1. The van der Waals surface area contributed by atoms with E-state index in [1.54, 1.807) is 6.92 Å². The minimum Gasteiger partial charge on any atom is -0.377 e. The first-order valence-corrected chi connectivity index (χ1v) is 9.91. The quantitative estimate of drug-likeness (QED) is 0.621. The first-order valence-electron chi connectivity index (χ1n) is 9.53. The van der Waals surface area contributed by atoms with Crippen LogP contribution in [0.3, 0.4) is 0 Å². The Kier molecular flexibility index (Phi) is 4.83. The summed E-state index contributed by atoms with van der Waals surface area (Å²) in [6, 6.07) is 6.02. The fourth-order valence-corrected chi connectivity index (χ4v) is 4.72. The minimum absolute atomic E-state index is 0.105. The first kappa shape index (κ1) is 18.0. The number of ketones is 1. The average Bonchev–Trinajstić information content (AvgIpc) is 2.91. The van der Waals surface area contributed by atoms with Gasteiger partial charge in [-0.1, -0.05) is 30.5 Å². The van der Waals surface area contributed by atoms with E-state index in [1.165, 1.54) is 0 Å². The van der Waals surface area contributed by atoms with Crippen LogP contribution in [0, 0.1) is 5.92 Å². The maximum atomic E-state index is 14.2. The Hall–Kier alpha value is -1.39. The molecule has 0 bridgehead atoms. The molecule has 2 unspecified atom stereocenters. The third-order valence-corrected chi connectivity index (χ3v) is 6.24. The summed E-state index contributed by atoms with van der Waals surface area (Å²) in [7, 11) is 0. The van der Waals surface area contributed by atoms with Gasteiger partial charge in [0.25, 0.3) is 0 Å². The highest BCUT2D eigenvalue weighted by atomic mass is 35.5. The van der Waals surface area contributed by atoms with E-state index in [0.717, 1.165) is 30.2 Å². The summed E-state index contributed by atoms with van der Waals surface area (Å²) in [5.74, 6) is 0.403. The maximum absolute atomic E-state index is 14.2. The maximum Gasteiger partial charge on any atom is 0.165 e. The summed E-state index contributed by atoms with van der Waals surface area (Å²) in [5.41, 5.74) is 0.606. The van der Waals surface area contributed by atoms with E-state index in [0.29, 0.717) is 49.0 Å². The molecule has 2 aliphatic rings. The zero-order chi connectivity index (χ0) is 18.3. The van der Waals surface area contributed by atoms with E-state index in [-0.39, 0.29) is 11.8 Å². The molecule has 2 aromatic rings. The highest BCUT2D eigenvalue weighted by Gasteiger charge is 2.32. The molecule has 3 nitrogen and oxygen atoms in total. The first-order chi connectivity index (χ1) is 12.4. The summed E-state index contributed by atoms with van der Waals surface area (Å²) in [4.78, 5) is 13.0. The van der Waals surface area contributed by atoms with Crippen molar-refractivity contribution in [3.8, 4) is 0 Å². The smallest absolute Gasteiger partial charge is 0.165 e. The minimum atomic E-state index is -1.07. The monoisotopic (exact) mass is 377 g/mol. The van der Waals surface area contributed by atoms with E-state index >= 15 is 0 Å². The van der Waals surface area contributed by atoms with Crippen molar-refractivity contribution in [2.24, 2.45) is 5.92 Å². The van der Waals surface area contributed by atoms with E-state index in [1.807, 2.05) is 24.4 Å². The largest absolute Gasteiger partial charge is 0.377 e. The lowest BCUT2D eigenvalue weighted by molar-refractivity contribution is -0.0214. The number of carbonyl (C=O) groups excluding carboxylic acids is 1. The molecule has 2 fully saturated rings. The third-order valence-electron chi connectivity index (χ3n) is 5.93. The standard InChI is InChI=1S/C21H25ClFNO2/c1-21(23)9-3-4-14(10-21)7-8-19(25)16-11-24(15-12-26-13-15)18-6-2-5-17(22)20(16)18/h2,5-6,11,14-15H,3-4,7-10,12-13H2,1H3. The van der Waals surface area contributed by atoms with Gasteiger partial charge in [0.05, 0.1) is 29.8 Å². The van der Waals surface area contributed by atoms with Crippen LogP contribution >= 0.6 is 11.6 Å². The van der Waals surface area contributed by atoms with Crippen LogP contribution in [0.25, 0.3) is 10.9 Å². The van der Waals surface area contributed by atoms with Crippen molar-refractivity contribution < 1.29 is 13.9 Å². The van der Waals surface area contributed by atoms with Crippen LogP contribution in [0.5, 0.6) is 0 Å². The number of alkyl halides is 1. The number of rotatable bonds is 5. The van der Waals surface area contributed by atoms with E-state index in [4.69, 9.17) is 16.3 Å². The average molecular weight is 378 g/mol. The van der Waals surface area contributed by atoms with Gasteiger partial charge in [0, 0.05) is 23.6 Å². The van der Waals surface area contributed by atoms with Gasteiger partial charge in [-0.05, 0) is 44.2 Å². The second-order valence-corrected chi connectivity index (χ2v) is 8.52. The van der Waals surface area contributed by atoms with E-state index in [2.05, 4.69) is 4.57 Å². The van der Waals surface area contributed by atoms with E-state index in [9.17, 15) is 9.18 Å². The van der Waals surface area contributed by atoms with Crippen molar-refractivity contribution in [2.45, 2.75) is 57.2 Å². The molecule has 5 heteroatoms.